The summed E-state index contributed by atoms with van der Waals surface area (Å²) < 4.78 is 1.37. The summed E-state index contributed by atoms with van der Waals surface area (Å²) in [5, 5.41) is 18.6. The van der Waals surface area contributed by atoms with Gasteiger partial charge in [-0.2, -0.15) is 0 Å². The quantitative estimate of drug-likeness (QED) is 0.690. The second-order valence-electron chi connectivity index (χ2n) is 4.93. The van der Waals surface area contributed by atoms with Crippen LogP contribution in [0.3, 0.4) is 0 Å². The lowest BCUT2D eigenvalue weighted by Crippen LogP contribution is -2.42. The van der Waals surface area contributed by atoms with Gasteiger partial charge in [-0.3, -0.25) is 0 Å². The summed E-state index contributed by atoms with van der Waals surface area (Å²) in [6.45, 7) is 1.64. The number of carbonyl (C=O) groups excluding carboxylic acids is 1. The number of amides is 2. The standard InChI is InChI=1S/C13H17N5O3/c1-2-6-17(8-10-3-4-10)13(21)14-5-7-18-9-11(12(19)20)15-16-18/h1,9-10H,3-8H2,(H,14,21)(H,19,20). The highest BCUT2D eigenvalue weighted by atomic mass is 16.4. The van der Waals surface area contributed by atoms with Gasteiger partial charge in [0.2, 0.25) is 0 Å². The van der Waals surface area contributed by atoms with Crippen molar-refractivity contribution in [2.75, 3.05) is 19.6 Å². The Labute approximate surface area is 122 Å². The van der Waals surface area contributed by atoms with Crippen molar-refractivity contribution in [3.05, 3.63) is 11.9 Å². The van der Waals surface area contributed by atoms with Crippen molar-refractivity contribution in [2.45, 2.75) is 19.4 Å². The minimum atomic E-state index is -1.13. The van der Waals surface area contributed by atoms with Crippen molar-refractivity contribution >= 4 is 12.0 Å². The van der Waals surface area contributed by atoms with E-state index in [-0.39, 0.29) is 18.3 Å². The highest BCUT2D eigenvalue weighted by molar-refractivity contribution is 5.84. The predicted octanol–water partition coefficient (Wildman–Crippen LogP) is 0.0311. The van der Waals surface area contributed by atoms with Crippen LogP contribution in [0.1, 0.15) is 23.3 Å². The molecule has 21 heavy (non-hydrogen) atoms. The number of carbonyl (C=O) groups is 2. The number of hydrogen-bond donors (Lipinski definition) is 2. The Morgan fingerprint density at radius 2 is 2.33 bits per heavy atom. The Morgan fingerprint density at radius 3 is 2.90 bits per heavy atom. The molecule has 1 aliphatic rings. The molecule has 2 amide bonds. The Hall–Kier alpha value is -2.56. The molecule has 1 aliphatic carbocycles. The molecule has 8 heteroatoms. The smallest absolute Gasteiger partial charge is 0.358 e. The summed E-state index contributed by atoms with van der Waals surface area (Å²) in [4.78, 5) is 24.2. The zero-order valence-electron chi connectivity index (χ0n) is 11.5. The van der Waals surface area contributed by atoms with Crippen LogP contribution in [-0.4, -0.2) is 56.6 Å². The minimum absolute atomic E-state index is 0.121. The molecule has 0 aromatic carbocycles. The van der Waals surface area contributed by atoms with Crippen molar-refractivity contribution in [1.82, 2.24) is 25.2 Å². The number of nitrogens with one attached hydrogen (secondary N) is 1. The van der Waals surface area contributed by atoms with Gasteiger partial charge < -0.3 is 15.3 Å². The molecule has 1 saturated carbocycles. The summed E-state index contributed by atoms with van der Waals surface area (Å²) in [5.74, 6) is 1.92. The van der Waals surface area contributed by atoms with Crippen molar-refractivity contribution in [1.29, 1.82) is 0 Å². The number of aromatic nitrogens is 3. The van der Waals surface area contributed by atoms with E-state index in [2.05, 4.69) is 21.5 Å². The number of rotatable bonds is 7. The summed E-state index contributed by atoms with van der Waals surface area (Å²) in [5.41, 5.74) is -0.121. The Morgan fingerprint density at radius 1 is 1.57 bits per heavy atom. The van der Waals surface area contributed by atoms with E-state index < -0.39 is 5.97 Å². The van der Waals surface area contributed by atoms with Gasteiger partial charge in [0.15, 0.2) is 5.69 Å². The lowest BCUT2D eigenvalue weighted by atomic mass is 10.4. The van der Waals surface area contributed by atoms with Crippen LogP contribution < -0.4 is 5.32 Å². The molecule has 1 aromatic rings. The molecule has 0 atom stereocenters. The molecular formula is C13H17N5O3. The van der Waals surface area contributed by atoms with E-state index in [4.69, 9.17) is 11.5 Å². The normalized spacial score (nSPS) is 13.5. The highest BCUT2D eigenvalue weighted by Crippen LogP contribution is 2.29. The molecule has 1 heterocycles. The molecule has 2 N–H and O–H groups in total. The molecule has 0 radical (unpaired) electrons. The topological polar surface area (TPSA) is 100 Å². The number of nitrogens with zero attached hydrogens (tertiary/aromatic N) is 4. The second kappa shape index (κ2) is 6.74. The average Bonchev–Trinajstić information content (AvgIpc) is 3.13. The van der Waals surface area contributed by atoms with Gasteiger partial charge in [0.25, 0.3) is 0 Å². The van der Waals surface area contributed by atoms with E-state index in [0.717, 1.165) is 12.8 Å². The fourth-order valence-electron chi connectivity index (χ4n) is 1.84. The Bertz CT molecular complexity index is 558. The number of urea groups is 1. The van der Waals surface area contributed by atoms with Crippen LogP contribution in [0.25, 0.3) is 0 Å². The SMILES string of the molecule is C#CCN(CC1CC1)C(=O)NCCn1cc(C(=O)O)nn1. The van der Waals surface area contributed by atoms with Crippen LogP contribution in [0.15, 0.2) is 6.20 Å². The molecule has 0 saturated heterocycles. The second-order valence-corrected chi connectivity index (χ2v) is 4.93. The predicted molar refractivity (Wildman–Crippen MR) is 73.5 cm³/mol. The van der Waals surface area contributed by atoms with Gasteiger partial charge in [-0.1, -0.05) is 11.1 Å². The average molecular weight is 291 g/mol. The maximum Gasteiger partial charge on any atom is 0.358 e. The van der Waals surface area contributed by atoms with Crippen molar-refractivity contribution in [3.8, 4) is 12.3 Å². The first kappa shape index (κ1) is 14.8. The molecule has 112 valence electrons. The number of aromatic carboxylic acids is 1. The molecule has 0 bridgehead atoms. The minimum Gasteiger partial charge on any atom is -0.476 e. The van der Waals surface area contributed by atoms with Crippen molar-refractivity contribution < 1.29 is 14.7 Å². The zero-order valence-corrected chi connectivity index (χ0v) is 11.5. The third-order valence-electron chi connectivity index (χ3n) is 3.12. The fraction of sp³-hybridized carbons (Fsp3) is 0.538. The van der Waals surface area contributed by atoms with E-state index in [1.807, 2.05) is 0 Å². The highest BCUT2D eigenvalue weighted by Gasteiger charge is 2.26. The number of hydrogen-bond acceptors (Lipinski definition) is 4. The van der Waals surface area contributed by atoms with Gasteiger partial charge in [0.1, 0.15) is 0 Å². The van der Waals surface area contributed by atoms with Gasteiger partial charge in [-0.05, 0) is 18.8 Å². The van der Waals surface area contributed by atoms with Crippen LogP contribution >= 0.6 is 0 Å². The first-order valence-electron chi connectivity index (χ1n) is 6.70. The van der Waals surface area contributed by atoms with Gasteiger partial charge in [-0.15, -0.1) is 11.5 Å². The molecule has 0 unspecified atom stereocenters. The van der Waals surface area contributed by atoms with Crippen LogP contribution in [0.5, 0.6) is 0 Å². The summed E-state index contributed by atoms with van der Waals surface area (Å²) in [6.07, 6.45) is 8.87. The summed E-state index contributed by atoms with van der Waals surface area (Å²) >= 11 is 0. The fourth-order valence-corrected chi connectivity index (χ4v) is 1.84. The monoisotopic (exact) mass is 291 g/mol. The third-order valence-corrected chi connectivity index (χ3v) is 3.12. The maximum atomic E-state index is 12.0. The first-order chi connectivity index (χ1) is 10.1. The molecule has 0 spiro atoms. The molecule has 1 aromatic heterocycles. The Balaban J connectivity index is 1.76. The van der Waals surface area contributed by atoms with Crippen LogP contribution in [0, 0.1) is 18.3 Å². The van der Waals surface area contributed by atoms with Crippen LogP contribution in [0.2, 0.25) is 0 Å². The van der Waals surface area contributed by atoms with Gasteiger partial charge in [0, 0.05) is 13.1 Å². The van der Waals surface area contributed by atoms with Crippen molar-refractivity contribution in [3.63, 3.8) is 0 Å². The van der Waals surface area contributed by atoms with Gasteiger partial charge in [0.05, 0.1) is 19.3 Å². The van der Waals surface area contributed by atoms with E-state index in [0.29, 0.717) is 25.6 Å². The lowest BCUT2D eigenvalue weighted by Gasteiger charge is -2.20. The zero-order chi connectivity index (χ0) is 15.2. The number of carboxylic acids is 1. The first-order valence-corrected chi connectivity index (χ1v) is 6.70. The van der Waals surface area contributed by atoms with Crippen LogP contribution in [0.4, 0.5) is 4.79 Å². The van der Waals surface area contributed by atoms with E-state index in [1.54, 1.807) is 4.90 Å². The molecule has 0 aliphatic heterocycles. The van der Waals surface area contributed by atoms with Crippen molar-refractivity contribution in [2.24, 2.45) is 5.92 Å². The molecule has 2 rings (SSSR count). The summed E-state index contributed by atoms with van der Waals surface area (Å²) in [6, 6.07) is -0.210. The van der Waals surface area contributed by atoms with Gasteiger partial charge in [-0.25, -0.2) is 14.3 Å². The number of carboxylic acid groups (broad SMARTS) is 1. The van der Waals surface area contributed by atoms with E-state index >= 15 is 0 Å². The molecular weight excluding hydrogens is 274 g/mol. The number of terminal acetylenes is 1. The largest absolute Gasteiger partial charge is 0.476 e. The molecule has 1 fully saturated rings. The van der Waals surface area contributed by atoms with Crippen LogP contribution in [-0.2, 0) is 6.54 Å². The van der Waals surface area contributed by atoms with E-state index in [1.165, 1.54) is 10.9 Å². The summed E-state index contributed by atoms with van der Waals surface area (Å²) in [7, 11) is 0. The Kier molecular flexibility index (Phi) is 4.77. The molecule has 8 nitrogen and oxygen atoms in total. The lowest BCUT2D eigenvalue weighted by molar-refractivity contribution is 0.0690. The maximum absolute atomic E-state index is 12.0. The third kappa shape index (κ3) is 4.49. The van der Waals surface area contributed by atoms with Gasteiger partial charge >= 0.3 is 12.0 Å². The van der Waals surface area contributed by atoms with E-state index in [9.17, 15) is 9.59 Å².